The largest absolute Gasteiger partial charge is 0.369 e. The maximum atomic E-state index is 12.7. The second-order valence-corrected chi connectivity index (χ2v) is 10.2. The van der Waals surface area contributed by atoms with Gasteiger partial charge in [0.1, 0.15) is 0 Å². The number of aromatic nitrogens is 2. The van der Waals surface area contributed by atoms with Crippen LogP contribution in [0.15, 0.2) is 72.0 Å². The molecule has 206 valence electrons. The maximum absolute atomic E-state index is 12.7. The van der Waals surface area contributed by atoms with E-state index >= 15 is 0 Å². The third-order valence-electron chi connectivity index (χ3n) is 7.11. The van der Waals surface area contributed by atoms with E-state index in [0.717, 1.165) is 44.2 Å². The summed E-state index contributed by atoms with van der Waals surface area (Å²) in [6, 6.07) is 20.3. The van der Waals surface area contributed by atoms with Gasteiger partial charge in [-0.15, -0.1) is 0 Å². The molecule has 3 aromatic carbocycles. The van der Waals surface area contributed by atoms with Gasteiger partial charge in [-0.2, -0.15) is 10.2 Å². The second-order valence-electron chi connectivity index (χ2n) is 9.78. The van der Waals surface area contributed by atoms with Crippen molar-refractivity contribution in [2.45, 2.75) is 13.3 Å². The molecule has 1 aliphatic heterocycles. The molecule has 0 aliphatic carbocycles. The van der Waals surface area contributed by atoms with Gasteiger partial charge in [-0.3, -0.25) is 15.1 Å². The molecule has 0 spiro atoms. The van der Waals surface area contributed by atoms with E-state index in [4.69, 9.17) is 22.5 Å². The normalized spacial score (nSPS) is 13.8. The van der Waals surface area contributed by atoms with Crippen LogP contribution >= 0.6 is 11.6 Å². The van der Waals surface area contributed by atoms with Crippen molar-refractivity contribution in [3.05, 3.63) is 88.4 Å². The fourth-order valence-electron chi connectivity index (χ4n) is 4.91. The third-order valence-corrected chi connectivity index (χ3v) is 7.34. The number of carbonyl (C=O) groups is 1. The summed E-state index contributed by atoms with van der Waals surface area (Å²) in [5.41, 5.74) is 12.3. The van der Waals surface area contributed by atoms with Gasteiger partial charge >= 0.3 is 0 Å². The SMILES string of the molecule is Cc1ccc(Cl)cc1N1CCN(CCCNC(=O)c2ccc(Nc3nc4ccccc4n(N=N)c3=N)cc2)CC1. The number of hydrogen-bond acceptors (Lipinski definition) is 8. The summed E-state index contributed by atoms with van der Waals surface area (Å²) >= 11 is 6.20. The Morgan fingerprint density at radius 3 is 2.55 bits per heavy atom. The molecular weight excluding hydrogens is 526 g/mol. The molecule has 0 atom stereocenters. The molecule has 1 aromatic heterocycles. The van der Waals surface area contributed by atoms with Gasteiger partial charge in [0.05, 0.1) is 11.0 Å². The first kappa shape index (κ1) is 27.3. The number of piperazine rings is 1. The molecule has 10 nitrogen and oxygen atoms in total. The van der Waals surface area contributed by atoms with Crippen LogP contribution in [0.4, 0.5) is 17.2 Å². The van der Waals surface area contributed by atoms with Gasteiger partial charge in [0.2, 0.25) is 0 Å². The topological polar surface area (TPSA) is 125 Å². The summed E-state index contributed by atoms with van der Waals surface area (Å²) in [6.45, 7) is 7.54. The summed E-state index contributed by atoms with van der Waals surface area (Å²) in [5, 5.41) is 18.7. The van der Waals surface area contributed by atoms with Crippen molar-refractivity contribution in [3.8, 4) is 0 Å². The van der Waals surface area contributed by atoms with Crippen LogP contribution in [0.2, 0.25) is 5.02 Å². The lowest BCUT2D eigenvalue weighted by molar-refractivity contribution is 0.0951. The highest BCUT2D eigenvalue weighted by Gasteiger charge is 2.18. The number of para-hydroxylation sites is 2. The quantitative estimate of drug-likeness (QED) is 0.171. The highest BCUT2D eigenvalue weighted by atomic mass is 35.5. The standard InChI is InChI=1S/C29H32ClN9O/c1-20-7-10-22(30)19-26(20)38-17-15-37(16-18-38)14-4-13-33-29(40)21-8-11-23(12-9-21)34-28-27(31)39(36-32)25-6-3-2-5-24(25)35-28/h2-3,5-12,19,31-32H,4,13-18H2,1H3,(H,33,40)(H,34,35). The van der Waals surface area contributed by atoms with Crippen molar-refractivity contribution in [1.82, 2.24) is 19.9 Å². The van der Waals surface area contributed by atoms with E-state index in [1.807, 2.05) is 24.3 Å². The minimum atomic E-state index is -0.122. The fourth-order valence-corrected chi connectivity index (χ4v) is 5.07. The van der Waals surface area contributed by atoms with Gasteiger partial charge in [0.25, 0.3) is 5.91 Å². The molecular formula is C29H32ClN9O. The van der Waals surface area contributed by atoms with Crippen LogP contribution in [0.25, 0.3) is 11.0 Å². The highest BCUT2D eigenvalue weighted by molar-refractivity contribution is 6.30. The molecule has 4 aromatic rings. The van der Waals surface area contributed by atoms with E-state index in [1.165, 1.54) is 15.9 Å². The number of fused-ring (bicyclic) bond motifs is 1. The van der Waals surface area contributed by atoms with E-state index < -0.39 is 0 Å². The molecule has 0 unspecified atom stereocenters. The molecule has 5 rings (SSSR count). The molecule has 4 N–H and O–H groups in total. The lowest BCUT2D eigenvalue weighted by Crippen LogP contribution is -2.47. The number of aryl methyl sites for hydroxylation is 1. The minimum absolute atomic E-state index is 0.0310. The van der Waals surface area contributed by atoms with E-state index in [2.05, 4.69) is 43.6 Å². The molecule has 1 saturated heterocycles. The van der Waals surface area contributed by atoms with Gasteiger partial charge in [0, 0.05) is 54.7 Å². The lowest BCUT2D eigenvalue weighted by Gasteiger charge is -2.37. The number of hydrogen-bond donors (Lipinski definition) is 4. The van der Waals surface area contributed by atoms with Crippen molar-refractivity contribution in [2.24, 2.45) is 5.22 Å². The molecule has 1 amide bonds. The second kappa shape index (κ2) is 12.3. The van der Waals surface area contributed by atoms with Gasteiger partial charge in [0.15, 0.2) is 11.3 Å². The summed E-state index contributed by atoms with van der Waals surface area (Å²) in [5.74, 6) is 0.152. The molecule has 40 heavy (non-hydrogen) atoms. The molecule has 0 saturated carbocycles. The average molecular weight is 558 g/mol. The van der Waals surface area contributed by atoms with Gasteiger partial charge in [-0.1, -0.05) is 35.0 Å². The van der Waals surface area contributed by atoms with Crippen molar-refractivity contribution >= 4 is 45.7 Å². The zero-order chi connectivity index (χ0) is 28.1. The van der Waals surface area contributed by atoms with Gasteiger partial charge < -0.3 is 15.5 Å². The number of halogens is 1. The Kier molecular flexibility index (Phi) is 8.37. The summed E-state index contributed by atoms with van der Waals surface area (Å²) in [4.78, 5) is 22.0. The minimum Gasteiger partial charge on any atom is -0.369 e. The maximum Gasteiger partial charge on any atom is 0.251 e. The number of nitrogens with zero attached hydrogens (tertiary/aromatic N) is 5. The Bertz CT molecular complexity index is 1580. The van der Waals surface area contributed by atoms with Crippen molar-refractivity contribution in [3.63, 3.8) is 0 Å². The summed E-state index contributed by atoms with van der Waals surface area (Å²) in [7, 11) is 0. The zero-order valence-corrected chi connectivity index (χ0v) is 23.1. The average Bonchev–Trinajstić information content (AvgIpc) is 2.98. The Balaban J connectivity index is 1.09. The monoisotopic (exact) mass is 557 g/mol. The first-order valence-electron chi connectivity index (χ1n) is 13.3. The van der Waals surface area contributed by atoms with E-state index in [0.29, 0.717) is 28.8 Å². The summed E-state index contributed by atoms with van der Waals surface area (Å²) in [6.07, 6.45) is 0.878. The van der Waals surface area contributed by atoms with Crippen LogP contribution in [0.1, 0.15) is 22.3 Å². The molecule has 0 bridgehead atoms. The molecule has 2 heterocycles. The zero-order valence-electron chi connectivity index (χ0n) is 22.3. The third kappa shape index (κ3) is 6.13. The summed E-state index contributed by atoms with van der Waals surface area (Å²) < 4.78 is 1.21. The van der Waals surface area contributed by atoms with Crippen LogP contribution in [-0.2, 0) is 0 Å². The molecule has 11 heteroatoms. The first-order valence-corrected chi connectivity index (χ1v) is 13.6. The van der Waals surface area contributed by atoms with E-state index in [1.54, 1.807) is 36.4 Å². The first-order chi connectivity index (χ1) is 19.4. The predicted octanol–water partition coefficient (Wildman–Crippen LogP) is 4.96. The molecule has 1 aliphatic rings. The van der Waals surface area contributed by atoms with Crippen molar-refractivity contribution in [2.75, 3.05) is 49.5 Å². The van der Waals surface area contributed by atoms with Crippen molar-refractivity contribution in [1.29, 1.82) is 10.9 Å². The fraction of sp³-hybridized carbons (Fsp3) is 0.276. The Morgan fingerprint density at radius 1 is 1.05 bits per heavy atom. The Labute approximate surface area is 237 Å². The number of anilines is 3. The lowest BCUT2D eigenvalue weighted by atomic mass is 10.1. The highest BCUT2D eigenvalue weighted by Crippen LogP contribution is 2.25. The smallest absolute Gasteiger partial charge is 0.251 e. The molecule has 1 fully saturated rings. The number of rotatable bonds is 9. The Hall–Kier alpha value is -4.28. The van der Waals surface area contributed by atoms with Crippen LogP contribution in [0.3, 0.4) is 0 Å². The van der Waals surface area contributed by atoms with Crippen LogP contribution in [0.5, 0.6) is 0 Å². The number of benzene rings is 3. The van der Waals surface area contributed by atoms with Crippen LogP contribution in [-0.4, -0.2) is 59.7 Å². The number of nitrogens with one attached hydrogen (secondary N) is 4. The molecule has 0 radical (unpaired) electrons. The van der Waals surface area contributed by atoms with Gasteiger partial charge in [-0.05, 0) is 74.0 Å². The van der Waals surface area contributed by atoms with Crippen LogP contribution in [0, 0.1) is 17.9 Å². The van der Waals surface area contributed by atoms with E-state index in [9.17, 15) is 4.79 Å². The number of carbonyl (C=O) groups excluding carboxylic acids is 1. The number of amides is 1. The van der Waals surface area contributed by atoms with E-state index in [-0.39, 0.29) is 17.2 Å². The van der Waals surface area contributed by atoms with Crippen LogP contribution < -0.4 is 21.0 Å². The van der Waals surface area contributed by atoms with Gasteiger partial charge in [-0.25, -0.2) is 4.98 Å². The Morgan fingerprint density at radius 2 is 1.80 bits per heavy atom. The predicted molar refractivity (Wildman–Crippen MR) is 158 cm³/mol. The van der Waals surface area contributed by atoms with Crippen molar-refractivity contribution < 1.29 is 4.79 Å².